The van der Waals surface area contributed by atoms with Crippen LogP contribution in [0, 0.1) is 0 Å². The Morgan fingerprint density at radius 3 is 1.02 bits per heavy atom. The Morgan fingerprint density at radius 2 is 0.793 bits per heavy atom. The fraction of sp³-hybridized carbons (Fsp3) is 0.481. The van der Waals surface area contributed by atoms with Gasteiger partial charge in [0.15, 0.2) is 0 Å². The molecule has 8 bridgehead atoms. The van der Waals surface area contributed by atoms with Crippen molar-refractivity contribution in [1.29, 1.82) is 0 Å². The maximum absolute atomic E-state index is 14.0. The minimum Gasteiger partial charge on any atom is -0.496 e. The monoisotopic (exact) mass is 789 g/mol. The van der Waals surface area contributed by atoms with Crippen LogP contribution < -0.4 is 18.9 Å². The number of methoxy groups -OCH3 is 4. The van der Waals surface area contributed by atoms with Gasteiger partial charge in [-0.15, -0.1) is 6.58 Å². The van der Waals surface area contributed by atoms with Crippen molar-refractivity contribution in [3.8, 4) is 23.0 Å². The highest BCUT2D eigenvalue weighted by molar-refractivity contribution is 5.84. The van der Waals surface area contributed by atoms with Gasteiger partial charge in [-0.3, -0.25) is 4.79 Å². The molecule has 6 nitrogen and oxygen atoms in total. The third-order valence-electron chi connectivity index (χ3n) is 11.8. The second-order valence-electron chi connectivity index (χ2n) is 20.2. The lowest BCUT2D eigenvalue weighted by molar-refractivity contribution is -0.137. The lowest BCUT2D eigenvalue weighted by Crippen LogP contribution is -2.21. The van der Waals surface area contributed by atoms with Gasteiger partial charge < -0.3 is 24.1 Å². The number of ether oxygens (including phenoxy) is 4. The summed E-state index contributed by atoms with van der Waals surface area (Å²) in [6.07, 6.45) is 3.53. The van der Waals surface area contributed by atoms with E-state index < -0.39 is 11.9 Å². The van der Waals surface area contributed by atoms with Crippen LogP contribution in [0.1, 0.15) is 168 Å². The van der Waals surface area contributed by atoms with Crippen molar-refractivity contribution in [2.75, 3.05) is 28.4 Å². The van der Waals surface area contributed by atoms with Gasteiger partial charge in [-0.2, -0.15) is 0 Å². The van der Waals surface area contributed by atoms with Crippen molar-refractivity contribution >= 4 is 5.97 Å². The summed E-state index contributed by atoms with van der Waals surface area (Å²) in [4.78, 5) is 14.0. The van der Waals surface area contributed by atoms with Gasteiger partial charge in [0.25, 0.3) is 0 Å². The smallest absolute Gasteiger partial charge is 0.315 e. The standard InChI is InChI=1S/C52H68O6/c1-18-19-38-39-26-34(49(2,3)4)22-30(44(39)55-14)20-32-24-36(51(8,9)10)28-41(46(32)57-16)43(48(53)54)42-29-37(52(11,12)13)25-33(47(42)58-17)21-31-23-35(50(5,6)7)27-40(38)45(31)56-15/h18,22-29,38,43H,1,19-21H2,2-17H3,(H,53,54). The van der Waals surface area contributed by atoms with Crippen LogP contribution in [0.3, 0.4) is 0 Å². The zero-order valence-electron chi connectivity index (χ0n) is 38.2. The Bertz CT molecular complexity index is 2050. The molecule has 1 aliphatic rings. The summed E-state index contributed by atoms with van der Waals surface area (Å²) in [6.45, 7) is 30.7. The van der Waals surface area contributed by atoms with Crippen LogP contribution in [0.15, 0.2) is 61.2 Å². The molecule has 0 atom stereocenters. The third kappa shape index (κ3) is 8.67. The van der Waals surface area contributed by atoms with E-state index in [9.17, 15) is 9.90 Å². The highest BCUT2D eigenvalue weighted by Gasteiger charge is 2.36. The number of benzene rings is 4. The molecule has 0 radical (unpaired) electrons. The van der Waals surface area contributed by atoms with Crippen molar-refractivity contribution < 1.29 is 28.8 Å². The number of carboxylic acids is 1. The zero-order valence-corrected chi connectivity index (χ0v) is 38.2. The van der Waals surface area contributed by atoms with Crippen LogP contribution in [-0.2, 0) is 39.3 Å². The molecule has 312 valence electrons. The van der Waals surface area contributed by atoms with E-state index in [1.165, 1.54) is 11.1 Å². The second kappa shape index (κ2) is 16.2. The van der Waals surface area contributed by atoms with E-state index in [4.69, 9.17) is 18.9 Å². The van der Waals surface area contributed by atoms with E-state index in [0.29, 0.717) is 41.9 Å². The topological polar surface area (TPSA) is 74.2 Å². The third-order valence-corrected chi connectivity index (χ3v) is 11.8. The maximum atomic E-state index is 14.0. The summed E-state index contributed by atoms with van der Waals surface area (Å²) in [5, 5.41) is 11.4. The largest absolute Gasteiger partial charge is 0.496 e. The molecule has 0 saturated heterocycles. The molecule has 0 heterocycles. The van der Waals surface area contributed by atoms with Gasteiger partial charge >= 0.3 is 5.97 Å². The molecule has 58 heavy (non-hydrogen) atoms. The van der Waals surface area contributed by atoms with E-state index in [2.05, 4.69) is 126 Å². The first-order chi connectivity index (χ1) is 26.9. The van der Waals surface area contributed by atoms with Crippen molar-refractivity contribution in [1.82, 2.24) is 0 Å². The second-order valence-corrected chi connectivity index (χ2v) is 20.2. The van der Waals surface area contributed by atoms with E-state index in [1.807, 2.05) is 18.2 Å². The van der Waals surface area contributed by atoms with Crippen LogP contribution >= 0.6 is 0 Å². The van der Waals surface area contributed by atoms with Crippen LogP contribution in [0.2, 0.25) is 0 Å². The molecule has 6 heteroatoms. The fourth-order valence-electron chi connectivity index (χ4n) is 8.49. The molecular weight excluding hydrogens is 721 g/mol. The van der Waals surface area contributed by atoms with Crippen LogP contribution in [0.25, 0.3) is 0 Å². The van der Waals surface area contributed by atoms with E-state index in [1.54, 1.807) is 28.4 Å². The van der Waals surface area contributed by atoms with Gasteiger partial charge in [0, 0.05) is 41.0 Å². The molecule has 0 amide bonds. The summed E-state index contributed by atoms with van der Waals surface area (Å²) in [5.74, 6) is 0.427. The molecule has 1 N–H and O–H groups in total. The number of hydrogen-bond acceptors (Lipinski definition) is 5. The molecular formula is C52H68O6. The molecule has 0 aliphatic heterocycles. The van der Waals surface area contributed by atoms with Crippen molar-refractivity contribution in [2.24, 2.45) is 0 Å². The van der Waals surface area contributed by atoms with Gasteiger partial charge in [0.05, 0.1) is 28.4 Å². The molecule has 4 aromatic carbocycles. The number of carbonyl (C=O) groups is 1. The van der Waals surface area contributed by atoms with Gasteiger partial charge in [0.2, 0.25) is 0 Å². The molecule has 4 aromatic rings. The number of carboxylic acid groups (broad SMARTS) is 1. The van der Waals surface area contributed by atoms with Crippen LogP contribution in [0.4, 0.5) is 0 Å². The van der Waals surface area contributed by atoms with Gasteiger partial charge in [-0.05, 0) is 72.6 Å². The minimum absolute atomic E-state index is 0.162. The Morgan fingerprint density at radius 1 is 0.534 bits per heavy atom. The van der Waals surface area contributed by atoms with Gasteiger partial charge in [-0.1, -0.05) is 138 Å². The molecule has 0 fully saturated rings. The first kappa shape index (κ1) is 44.4. The average Bonchev–Trinajstić information content (AvgIpc) is 3.11. The maximum Gasteiger partial charge on any atom is 0.315 e. The van der Waals surface area contributed by atoms with Gasteiger partial charge in [-0.25, -0.2) is 0 Å². The van der Waals surface area contributed by atoms with Crippen molar-refractivity contribution in [2.45, 2.75) is 136 Å². The lowest BCUT2D eigenvalue weighted by atomic mass is 9.75. The Labute approximate surface area is 349 Å². The predicted octanol–water partition coefficient (Wildman–Crippen LogP) is 12.3. The summed E-state index contributed by atoms with van der Waals surface area (Å²) in [5.41, 5.74) is 10.4. The number of hydrogen-bond donors (Lipinski definition) is 1. The summed E-state index contributed by atoms with van der Waals surface area (Å²) >= 11 is 0. The minimum atomic E-state index is -1.10. The number of fused-ring (bicyclic) bond motifs is 8. The predicted molar refractivity (Wildman–Crippen MR) is 239 cm³/mol. The summed E-state index contributed by atoms with van der Waals surface area (Å²) in [6, 6.07) is 17.6. The Kier molecular flexibility index (Phi) is 12.4. The molecule has 5 rings (SSSR count). The average molecular weight is 789 g/mol. The SMILES string of the molecule is C=CCC1c2cc(C(C)(C)C)cc(c2OC)Cc2cc(C(C)(C)C)cc(c2OC)C(C(=O)O)c2cc(C(C)(C)C)cc(c2OC)Cc2cc(C(C)(C)C)cc1c2OC. The molecule has 0 saturated carbocycles. The summed E-state index contributed by atoms with van der Waals surface area (Å²) in [7, 11) is 6.78. The molecule has 0 spiro atoms. The van der Waals surface area contributed by atoms with Crippen molar-refractivity contribution in [3.05, 3.63) is 128 Å². The van der Waals surface area contributed by atoms with E-state index in [-0.39, 0.29) is 27.6 Å². The van der Waals surface area contributed by atoms with Crippen molar-refractivity contribution in [3.63, 3.8) is 0 Å². The van der Waals surface area contributed by atoms with Crippen LogP contribution in [-0.4, -0.2) is 39.5 Å². The van der Waals surface area contributed by atoms with Gasteiger partial charge in [0.1, 0.15) is 28.9 Å². The lowest BCUT2D eigenvalue weighted by Gasteiger charge is -2.31. The quantitative estimate of drug-likeness (QED) is 0.188. The molecule has 0 aromatic heterocycles. The van der Waals surface area contributed by atoms with Crippen LogP contribution in [0.5, 0.6) is 23.0 Å². The zero-order chi connectivity index (χ0) is 43.3. The highest BCUT2D eigenvalue weighted by atomic mass is 16.5. The Hall–Kier alpha value is -4.71. The molecule has 0 unspecified atom stereocenters. The fourth-order valence-corrected chi connectivity index (χ4v) is 8.49. The number of aliphatic carboxylic acids is 1. The Balaban J connectivity index is 2.12. The highest BCUT2D eigenvalue weighted by Crippen LogP contribution is 2.49. The first-order valence-electron chi connectivity index (χ1n) is 20.6. The summed E-state index contributed by atoms with van der Waals surface area (Å²) < 4.78 is 25.7. The molecule has 1 aliphatic carbocycles. The van der Waals surface area contributed by atoms with E-state index in [0.717, 1.165) is 56.0 Å². The van der Waals surface area contributed by atoms with E-state index >= 15 is 0 Å². The number of allylic oxidation sites excluding steroid dienone is 1. The normalized spacial score (nSPS) is 16.1. The number of rotatable bonds is 7. The first-order valence-corrected chi connectivity index (χ1v) is 20.6.